The second-order valence-electron chi connectivity index (χ2n) is 4.48. The summed E-state index contributed by atoms with van der Waals surface area (Å²) in [6, 6.07) is 10.5. The van der Waals surface area contributed by atoms with E-state index in [-0.39, 0.29) is 5.56 Å². The average molecular weight is 256 g/mol. The largest absolute Gasteiger partial charge is 0.478 e. The third-order valence-electron chi connectivity index (χ3n) is 3.17. The molecule has 2 rings (SSSR count). The molecule has 2 aromatic carbocycles. The van der Waals surface area contributed by atoms with E-state index in [2.05, 4.69) is 5.32 Å². The van der Waals surface area contributed by atoms with Gasteiger partial charge in [-0.25, -0.2) is 4.79 Å². The molecule has 4 N–H and O–H groups in total. The normalized spacial score (nSPS) is 10.2. The zero-order valence-corrected chi connectivity index (χ0v) is 10.9. The first kappa shape index (κ1) is 13.0. The van der Waals surface area contributed by atoms with Crippen molar-refractivity contribution in [2.45, 2.75) is 13.8 Å². The molecule has 0 heterocycles. The molecule has 0 unspecified atom stereocenters. The highest BCUT2D eigenvalue weighted by atomic mass is 16.4. The van der Waals surface area contributed by atoms with Crippen LogP contribution in [-0.2, 0) is 0 Å². The molecule has 19 heavy (non-hydrogen) atoms. The molecule has 0 saturated heterocycles. The number of hydrogen-bond donors (Lipinski definition) is 3. The van der Waals surface area contributed by atoms with Crippen LogP contribution in [0.4, 0.5) is 17.1 Å². The highest BCUT2D eigenvalue weighted by molar-refractivity contribution is 5.91. The molecule has 0 amide bonds. The minimum atomic E-state index is -0.969. The molecule has 0 aliphatic carbocycles. The number of nitrogens with one attached hydrogen (secondary N) is 1. The lowest BCUT2D eigenvalue weighted by molar-refractivity contribution is 0.0697. The molecule has 0 fully saturated rings. The van der Waals surface area contributed by atoms with Crippen LogP contribution in [0.25, 0.3) is 0 Å². The summed E-state index contributed by atoms with van der Waals surface area (Å²) < 4.78 is 0. The van der Waals surface area contributed by atoms with Gasteiger partial charge in [-0.15, -0.1) is 0 Å². The Bertz CT molecular complexity index is 636. The Hall–Kier alpha value is -2.49. The Morgan fingerprint density at radius 2 is 1.89 bits per heavy atom. The van der Waals surface area contributed by atoms with E-state index in [0.717, 1.165) is 16.8 Å². The van der Waals surface area contributed by atoms with Gasteiger partial charge in [-0.1, -0.05) is 12.1 Å². The monoisotopic (exact) mass is 256 g/mol. The summed E-state index contributed by atoms with van der Waals surface area (Å²) in [4.78, 5) is 11.0. The quantitative estimate of drug-likeness (QED) is 0.736. The minimum absolute atomic E-state index is 0.210. The highest BCUT2D eigenvalue weighted by Gasteiger charge is 2.08. The van der Waals surface area contributed by atoms with Crippen molar-refractivity contribution in [1.29, 1.82) is 0 Å². The molecule has 0 atom stereocenters. The van der Waals surface area contributed by atoms with Crippen LogP contribution in [0.1, 0.15) is 21.5 Å². The van der Waals surface area contributed by atoms with Gasteiger partial charge in [0.1, 0.15) is 0 Å². The van der Waals surface area contributed by atoms with Gasteiger partial charge in [-0.3, -0.25) is 0 Å². The molecule has 4 nitrogen and oxygen atoms in total. The topological polar surface area (TPSA) is 75.3 Å². The maximum atomic E-state index is 11.0. The van der Waals surface area contributed by atoms with Crippen LogP contribution in [0.3, 0.4) is 0 Å². The fraction of sp³-hybridized carbons (Fsp3) is 0.133. The van der Waals surface area contributed by atoms with Crippen molar-refractivity contribution in [3.8, 4) is 0 Å². The van der Waals surface area contributed by atoms with Gasteiger partial charge in [0.25, 0.3) is 0 Å². The fourth-order valence-corrected chi connectivity index (χ4v) is 1.83. The molecule has 0 radical (unpaired) electrons. The maximum absolute atomic E-state index is 11.0. The van der Waals surface area contributed by atoms with Crippen LogP contribution in [-0.4, -0.2) is 11.1 Å². The van der Waals surface area contributed by atoms with Crippen LogP contribution in [0.2, 0.25) is 0 Å². The number of benzene rings is 2. The number of anilines is 3. The van der Waals surface area contributed by atoms with Gasteiger partial charge in [0.15, 0.2) is 0 Å². The minimum Gasteiger partial charge on any atom is -0.478 e. The van der Waals surface area contributed by atoms with E-state index in [1.807, 2.05) is 32.0 Å². The lowest BCUT2D eigenvalue weighted by atomic mass is 10.1. The van der Waals surface area contributed by atoms with Crippen molar-refractivity contribution >= 4 is 23.0 Å². The molecule has 0 aliphatic heterocycles. The Balaban J connectivity index is 2.40. The Morgan fingerprint density at radius 1 is 1.16 bits per heavy atom. The predicted octanol–water partition coefficient (Wildman–Crippen LogP) is 3.33. The Morgan fingerprint density at radius 3 is 2.58 bits per heavy atom. The first-order chi connectivity index (χ1) is 8.99. The van der Waals surface area contributed by atoms with Crippen molar-refractivity contribution in [1.82, 2.24) is 0 Å². The molecule has 98 valence electrons. The maximum Gasteiger partial charge on any atom is 0.335 e. The van der Waals surface area contributed by atoms with E-state index in [9.17, 15) is 4.79 Å². The van der Waals surface area contributed by atoms with Gasteiger partial charge in [-0.2, -0.15) is 0 Å². The van der Waals surface area contributed by atoms with Crippen LogP contribution >= 0.6 is 0 Å². The van der Waals surface area contributed by atoms with Crippen LogP contribution in [0.15, 0.2) is 36.4 Å². The van der Waals surface area contributed by atoms with Crippen molar-refractivity contribution in [2.24, 2.45) is 0 Å². The number of aryl methyl sites for hydroxylation is 1. The van der Waals surface area contributed by atoms with Crippen LogP contribution in [0.5, 0.6) is 0 Å². The summed E-state index contributed by atoms with van der Waals surface area (Å²) in [5.41, 5.74) is 10.4. The summed E-state index contributed by atoms with van der Waals surface area (Å²) in [7, 11) is 0. The van der Waals surface area contributed by atoms with Gasteiger partial charge in [0.05, 0.1) is 16.9 Å². The number of carboxylic acids is 1. The Kier molecular flexibility index (Phi) is 3.42. The number of nitrogen functional groups attached to an aromatic ring is 1. The summed E-state index contributed by atoms with van der Waals surface area (Å²) in [6.45, 7) is 4.03. The van der Waals surface area contributed by atoms with Crippen molar-refractivity contribution in [3.05, 3.63) is 53.1 Å². The van der Waals surface area contributed by atoms with E-state index in [1.165, 1.54) is 6.07 Å². The van der Waals surface area contributed by atoms with Gasteiger partial charge in [-0.05, 0) is 49.2 Å². The molecule has 4 heteroatoms. The summed E-state index contributed by atoms with van der Waals surface area (Å²) in [5, 5.41) is 12.2. The van der Waals surface area contributed by atoms with Gasteiger partial charge < -0.3 is 16.2 Å². The second kappa shape index (κ2) is 5.02. The summed E-state index contributed by atoms with van der Waals surface area (Å²) in [5.74, 6) is -0.969. The van der Waals surface area contributed by atoms with Crippen molar-refractivity contribution in [2.75, 3.05) is 11.1 Å². The number of nitrogens with two attached hydrogens (primary N) is 1. The predicted molar refractivity (Wildman–Crippen MR) is 77.0 cm³/mol. The van der Waals surface area contributed by atoms with E-state index in [1.54, 1.807) is 12.1 Å². The van der Waals surface area contributed by atoms with E-state index < -0.39 is 5.97 Å². The van der Waals surface area contributed by atoms with Gasteiger partial charge in [0, 0.05) is 5.69 Å². The van der Waals surface area contributed by atoms with Gasteiger partial charge >= 0.3 is 5.97 Å². The van der Waals surface area contributed by atoms with Crippen LogP contribution in [0, 0.1) is 13.8 Å². The summed E-state index contributed by atoms with van der Waals surface area (Å²) >= 11 is 0. The number of hydrogen-bond acceptors (Lipinski definition) is 3. The average Bonchev–Trinajstić information content (AvgIpc) is 2.37. The number of aromatic carboxylic acids is 1. The SMILES string of the molecule is Cc1cccc(Nc2cc(C(=O)O)ccc2N)c1C. The first-order valence-electron chi connectivity index (χ1n) is 5.95. The number of rotatable bonds is 3. The van der Waals surface area contributed by atoms with Crippen molar-refractivity contribution < 1.29 is 9.90 Å². The molecule has 0 spiro atoms. The standard InChI is InChI=1S/C15H16N2O2/c1-9-4-3-5-13(10(9)2)17-14-8-11(15(18)19)6-7-12(14)16/h3-8,17H,16H2,1-2H3,(H,18,19). The lowest BCUT2D eigenvalue weighted by Gasteiger charge is -2.13. The molecule has 0 aliphatic rings. The Labute approximate surface area is 111 Å². The third kappa shape index (κ3) is 2.68. The lowest BCUT2D eigenvalue weighted by Crippen LogP contribution is -2.02. The molecule has 0 saturated carbocycles. The third-order valence-corrected chi connectivity index (χ3v) is 3.17. The zero-order valence-electron chi connectivity index (χ0n) is 10.9. The number of carbonyl (C=O) groups is 1. The molecule has 0 aromatic heterocycles. The number of carboxylic acid groups (broad SMARTS) is 1. The van der Waals surface area contributed by atoms with Crippen LogP contribution < -0.4 is 11.1 Å². The van der Waals surface area contributed by atoms with Gasteiger partial charge in [0.2, 0.25) is 0 Å². The van der Waals surface area contributed by atoms with Crippen molar-refractivity contribution in [3.63, 3.8) is 0 Å². The molecule has 2 aromatic rings. The van der Waals surface area contributed by atoms with E-state index in [4.69, 9.17) is 10.8 Å². The molecule has 0 bridgehead atoms. The second-order valence-corrected chi connectivity index (χ2v) is 4.48. The zero-order chi connectivity index (χ0) is 14.0. The highest BCUT2D eigenvalue weighted by Crippen LogP contribution is 2.27. The van der Waals surface area contributed by atoms with E-state index >= 15 is 0 Å². The smallest absolute Gasteiger partial charge is 0.335 e. The van der Waals surface area contributed by atoms with E-state index in [0.29, 0.717) is 11.4 Å². The summed E-state index contributed by atoms with van der Waals surface area (Å²) in [6.07, 6.45) is 0. The molecular weight excluding hydrogens is 240 g/mol. The first-order valence-corrected chi connectivity index (χ1v) is 5.95. The molecular formula is C15H16N2O2. The fourth-order valence-electron chi connectivity index (χ4n) is 1.83.